The molecule has 1 aliphatic heterocycles. The lowest BCUT2D eigenvalue weighted by Crippen LogP contribution is -2.32. The summed E-state index contributed by atoms with van der Waals surface area (Å²) in [6, 6.07) is 23.0. The highest BCUT2D eigenvalue weighted by atomic mass is 79.9. The van der Waals surface area contributed by atoms with Gasteiger partial charge in [-0.25, -0.2) is 0 Å². The van der Waals surface area contributed by atoms with Crippen molar-refractivity contribution in [2.45, 2.75) is 13.5 Å². The Morgan fingerprint density at radius 2 is 1.73 bits per heavy atom. The van der Waals surface area contributed by atoms with Gasteiger partial charge in [-0.2, -0.15) is 0 Å². The smallest absolute Gasteiger partial charge is 0.293 e. The molecule has 5 nitrogen and oxygen atoms in total. The van der Waals surface area contributed by atoms with E-state index in [0.717, 1.165) is 27.4 Å². The van der Waals surface area contributed by atoms with Crippen LogP contribution in [0.15, 0.2) is 82.2 Å². The van der Waals surface area contributed by atoms with Crippen molar-refractivity contribution in [1.29, 1.82) is 0 Å². The minimum absolute atomic E-state index is 0.187. The van der Waals surface area contributed by atoms with E-state index in [9.17, 15) is 9.59 Å². The van der Waals surface area contributed by atoms with Crippen molar-refractivity contribution in [1.82, 2.24) is 4.90 Å². The van der Waals surface area contributed by atoms with E-state index >= 15 is 0 Å². The van der Waals surface area contributed by atoms with Gasteiger partial charge < -0.3 is 9.47 Å². The van der Waals surface area contributed by atoms with Crippen LogP contribution in [0.1, 0.15) is 16.7 Å². The fraction of sp³-hybridized carbons (Fsp3) is 0.154. The molecule has 0 bridgehead atoms. The summed E-state index contributed by atoms with van der Waals surface area (Å²) in [6.07, 6.45) is 1.71. The van der Waals surface area contributed by atoms with Crippen molar-refractivity contribution in [3.05, 3.63) is 98.9 Å². The molecule has 1 aliphatic rings. The van der Waals surface area contributed by atoms with E-state index < -0.39 is 0 Å². The Morgan fingerprint density at radius 3 is 2.48 bits per heavy atom. The fourth-order valence-electron chi connectivity index (χ4n) is 3.21. The summed E-state index contributed by atoms with van der Waals surface area (Å²) >= 11 is 4.40. The molecule has 3 aromatic rings. The molecule has 0 spiro atoms. The second kappa shape index (κ2) is 10.7. The number of rotatable bonds is 8. The van der Waals surface area contributed by atoms with E-state index in [2.05, 4.69) is 15.9 Å². The number of ether oxygens (including phenoxy) is 2. The van der Waals surface area contributed by atoms with Crippen LogP contribution in [0.5, 0.6) is 11.5 Å². The lowest BCUT2D eigenvalue weighted by molar-refractivity contribution is -0.123. The van der Waals surface area contributed by atoms with Crippen molar-refractivity contribution >= 4 is 44.9 Å². The van der Waals surface area contributed by atoms with E-state index in [-0.39, 0.29) is 24.3 Å². The minimum Gasteiger partial charge on any atom is -0.492 e. The van der Waals surface area contributed by atoms with Gasteiger partial charge in [0.05, 0.1) is 11.4 Å². The van der Waals surface area contributed by atoms with Crippen molar-refractivity contribution < 1.29 is 19.1 Å². The molecule has 7 heteroatoms. The van der Waals surface area contributed by atoms with E-state index in [1.807, 2.05) is 79.7 Å². The standard InChI is InChI=1S/C26H22BrNO4S/c1-18-7-9-19(10-8-18)17-32-23-12-11-21(27)15-20(23)16-24-25(29)28(26(30)33-24)13-14-31-22-5-3-2-4-6-22/h2-12,15-16H,13-14,17H2,1H3/b24-16-. The first-order chi connectivity index (χ1) is 16.0. The Kier molecular flexibility index (Phi) is 7.52. The molecule has 0 unspecified atom stereocenters. The average molecular weight is 524 g/mol. The van der Waals surface area contributed by atoms with Gasteiger partial charge in [-0.05, 0) is 60.7 Å². The summed E-state index contributed by atoms with van der Waals surface area (Å²) in [4.78, 5) is 26.9. The van der Waals surface area contributed by atoms with Gasteiger partial charge in [-0.3, -0.25) is 14.5 Å². The van der Waals surface area contributed by atoms with Gasteiger partial charge >= 0.3 is 0 Å². The molecule has 168 valence electrons. The molecule has 4 rings (SSSR count). The first-order valence-electron chi connectivity index (χ1n) is 10.4. The molecule has 0 radical (unpaired) electrons. The number of hydrogen-bond acceptors (Lipinski definition) is 5. The van der Waals surface area contributed by atoms with Crippen LogP contribution in [0.2, 0.25) is 0 Å². The number of carbonyl (C=O) groups excluding carboxylic acids is 2. The second-order valence-electron chi connectivity index (χ2n) is 7.45. The minimum atomic E-state index is -0.328. The molecule has 1 saturated heterocycles. The summed E-state index contributed by atoms with van der Waals surface area (Å²) < 4.78 is 12.5. The van der Waals surface area contributed by atoms with Gasteiger partial charge in [-0.1, -0.05) is 64.0 Å². The molecule has 33 heavy (non-hydrogen) atoms. The maximum atomic E-state index is 12.9. The highest BCUT2D eigenvalue weighted by Crippen LogP contribution is 2.35. The highest BCUT2D eigenvalue weighted by Gasteiger charge is 2.35. The van der Waals surface area contributed by atoms with E-state index in [1.54, 1.807) is 6.08 Å². The number of thioether (sulfide) groups is 1. The molecule has 0 atom stereocenters. The van der Waals surface area contributed by atoms with Crippen LogP contribution in [0, 0.1) is 6.92 Å². The topological polar surface area (TPSA) is 55.8 Å². The normalized spacial score (nSPS) is 14.7. The number of halogens is 1. The predicted octanol–water partition coefficient (Wildman–Crippen LogP) is 6.45. The Hall–Kier alpha value is -3.03. The Balaban J connectivity index is 1.45. The average Bonchev–Trinajstić information content (AvgIpc) is 3.08. The van der Waals surface area contributed by atoms with Gasteiger partial charge in [-0.15, -0.1) is 0 Å². The van der Waals surface area contributed by atoms with Crippen LogP contribution in [-0.4, -0.2) is 29.2 Å². The van der Waals surface area contributed by atoms with Crippen LogP contribution >= 0.6 is 27.7 Å². The van der Waals surface area contributed by atoms with Crippen molar-refractivity contribution in [3.8, 4) is 11.5 Å². The molecule has 2 amide bonds. The zero-order valence-corrected chi connectivity index (χ0v) is 20.4. The summed E-state index contributed by atoms with van der Waals surface area (Å²) in [5.74, 6) is 1.01. The number of hydrogen-bond donors (Lipinski definition) is 0. The SMILES string of the molecule is Cc1ccc(COc2ccc(Br)cc2/C=C2\SC(=O)N(CCOc3ccccc3)C2=O)cc1. The maximum absolute atomic E-state index is 12.9. The first-order valence-corrected chi connectivity index (χ1v) is 12.0. The van der Waals surface area contributed by atoms with Crippen molar-refractivity contribution in [3.63, 3.8) is 0 Å². The van der Waals surface area contributed by atoms with Gasteiger partial charge in [0.1, 0.15) is 24.7 Å². The molecule has 3 aromatic carbocycles. The third kappa shape index (κ3) is 6.06. The van der Waals surface area contributed by atoms with Crippen LogP contribution in [0.25, 0.3) is 6.08 Å². The lowest BCUT2D eigenvalue weighted by atomic mass is 10.1. The Morgan fingerprint density at radius 1 is 0.970 bits per heavy atom. The molecule has 0 N–H and O–H groups in total. The number of nitrogens with zero attached hydrogens (tertiary/aromatic N) is 1. The number of benzene rings is 3. The maximum Gasteiger partial charge on any atom is 0.293 e. The fourth-order valence-corrected chi connectivity index (χ4v) is 4.45. The second-order valence-corrected chi connectivity index (χ2v) is 9.36. The van der Waals surface area contributed by atoms with Crippen LogP contribution in [0.4, 0.5) is 4.79 Å². The van der Waals surface area contributed by atoms with Crippen LogP contribution < -0.4 is 9.47 Å². The summed E-state index contributed by atoms with van der Waals surface area (Å²) in [5.41, 5.74) is 2.96. The van der Waals surface area contributed by atoms with Crippen molar-refractivity contribution in [2.75, 3.05) is 13.2 Å². The Bertz CT molecular complexity index is 1180. The van der Waals surface area contributed by atoms with E-state index in [0.29, 0.717) is 23.0 Å². The molecule has 1 heterocycles. The van der Waals surface area contributed by atoms with Crippen LogP contribution in [0.3, 0.4) is 0 Å². The zero-order valence-electron chi connectivity index (χ0n) is 18.0. The number of carbonyl (C=O) groups is 2. The summed E-state index contributed by atoms with van der Waals surface area (Å²) in [6.45, 7) is 2.86. The number of amides is 2. The lowest BCUT2D eigenvalue weighted by Gasteiger charge is -2.13. The van der Waals surface area contributed by atoms with E-state index in [1.165, 1.54) is 10.5 Å². The first kappa shape index (κ1) is 23.1. The summed E-state index contributed by atoms with van der Waals surface area (Å²) in [5, 5.41) is -0.306. The monoisotopic (exact) mass is 523 g/mol. The molecular formula is C26H22BrNO4S. The number of aryl methyl sites for hydroxylation is 1. The van der Waals surface area contributed by atoms with Crippen LogP contribution in [-0.2, 0) is 11.4 Å². The molecule has 0 aromatic heterocycles. The van der Waals surface area contributed by atoms with Gasteiger partial charge in [0.2, 0.25) is 0 Å². The van der Waals surface area contributed by atoms with Gasteiger partial charge in [0.25, 0.3) is 11.1 Å². The largest absolute Gasteiger partial charge is 0.492 e. The predicted molar refractivity (Wildman–Crippen MR) is 134 cm³/mol. The van der Waals surface area contributed by atoms with Gasteiger partial charge in [0.15, 0.2) is 0 Å². The third-order valence-corrected chi connectivity index (χ3v) is 6.37. The molecule has 0 aliphatic carbocycles. The quantitative estimate of drug-likeness (QED) is 0.317. The number of para-hydroxylation sites is 1. The molecule has 1 fully saturated rings. The van der Waals surface area contributed by atoms with Gasteiger partial charge in [0, 0.05) is 10.0 Å². The summed E-state index contributed by atoms with van der Waals surface area (Å²) in [7, 11) is 0. The third-order valence-electron chi connectivity index (χ3n) is 4.97. The highest BCUT2D eigenvalue weighted by molar-refractivity contribution is 9.10. The van der Waals surface area contributed by atoms with Crippen molar-refractivity contribution in [2.24, 2.45) is 0 Å². The zero-order chi connectivity index (χ0) is 23.2. The molecular weight excluding hydrogens is 502 g/mol. The Labute approximate surface area is 205 Å². The van der Waals surface area contributed by atoms with E-state index in [4.69, 9.17) is 9.47 Å². The number of imide groups is 1. The molecule has 0 saturated carbocycles.